The van der Waals surface area contributed by atoms with E-state index in [2.05, 4.69) is 10.6 Å². The van der Waals surface area contributed by atoms with Crippen LogP contribution in [0, 0.1) is 5.82 Å². The molecule has 0 aromatic heterocycles. The number of hydrogen-bond donors (Lipinski definition) is 2. The van der Waals surface area contributed by atoms with Crippen LogP contribution in [0.3, 0.4) is 0 Å². The standard InChI is InChI=1S/C19H16ClFN2O3/c1-2-26-18(24)15-16(11-7-4-3-5-8-11)22-19(25)23-17(15)14-12(20)9-6-10-13(14)21/h3-10,17H,2H2,1H3,(H2,22,23,25). The number of rotatable bonds is 4. The summed E-state index contributed by atoms with van der Waals surface area (Å²) >= 11 is 6.16. The molecule has 1 aliphatic rings. The predicted molar refractivity (Wildman–Crippen MR) is 95.8 cm³/mol. The third kappa shape index (κ3) is 3.41. The summed E-state index contributed by atoms with van der Waals surface area (Å²) in [5.41, 5.74) is 0.963. The van der Waals surface area contributed by atoms with Crippen molar-refractivity contribution in [1.29, 1.82) is 0 Å². The van der Waals surface area contributed by atoms with Gasteiger partial charge in [-0.15, -0.1) is 0 Å². The molecule has 3 rings (SSSR count). The minimum atomic E-state index is -1.08. The van der Waals surface area contributed by atoms with Crippen molar-refractivity contribution in [3.8, 4) is 0 Å². The van der Waals surface area contributed by atoms with E-state index >= 15 is 0 Å². The van der Waals surface area contributed by atoms with Gasteiger partial charge in [0.25, 0.3) is 0 Å². The van der Waals surface area contributed by atoms with E-state index in [0.717, 1.165) is 0 Å². The van der Waals surface area contributed by atoms with E-state index in [1.54, 1.807) is 31.2 Å². The smallest absolute Gasteiger partial charge is 0.338 e. The van der Waals surface area contributed by atoms with Crippen molar-refractivity contribution in [2.24, 2.45) is 0 Å². The van der Waals surface area contributed by atoms with E-state index in [4.69, 9.17) is 16.3 Å². The second-order valence-electron chi connectivity index (χ2n) is 5.54. The van der Waals surface area contributed by atoms with Crippen LogP contribution in [0.25, 0.3) is 5.70 Å². The molecular formula is C19H16ClFN2O3. The summed E-state index contributed by atoms with van der Waals surface area (Å²) in [6, 6.07) is 11.3. The maximum Gasteiger partial charge on any atom is 0.338 e. The zero-order valence-corrected chi connectivity index (χ0v) is 14.6. The Bertz CT molecular complexity index is 863. The van der Waals surface area contributed by atoms with E-state index in [9.17, 15) is 14.0 Å². The maximum atomic E-state index is 14.5. The van der Waals surface area contributed by atoms with Crippen molar-refractivity contribution >= 4 is 29.3 Å². The number of urea groups is 1. The number of amides is 2. The Morgan fingerprint density at radius 1 is 1.19 bits per heavy atom. The minimum absolute atomic E-state index is 0.0144. The van der Waals surface area contributed by atoms with Gasteiger partial charge in [-0.05, 0) is 24.6 Å². The molecule has 134 valence electrons. The van der Waals surface area contributed by atoms with Gasteiger partial charge in [0.05, 0.1) is 23.9 Å². The van der Waals surface area contributed by atoms with Gasteiger partial charge in [-0.2, -0.15) is 0 Å². The highest BCUT2D eigenvalue weighted by molar-refractivity contribution is 6.31. The number of benzene rings is 2. The molecule has 0 spiro atoms. The van der Waals surface area contributed by atoms with Gasteiger partial charge in [0.15, 0.2) is 0 Å². The molecule has 0 saturated heterocycles. The monoisotopic (exact) mass is 374 g/mol. The zero-order valence-electron chi connectivity index (χ0n) is 13.9. The first kappa shape index (κ1) is 17.9. The molecule has 0 radical (unpaired) electrons. The number of hydrogen-bond acceptors (Lipinski definition) is 3. The fourth-order valence-electron chi connectivity index (χ4n) is 2.83. The van der Waals surface area contributed by atoms with Gasteiger partial charge in [0, 0.05) is 10.6 Å². The van der Waals surface area contributed by atoms with Crippen LogP contribution >= 0.6 is 11.6 Å². The van der Waals surface area contributed by atoms with E-state index in [1.165, 1.54) is 18.2 Å². The molecular weight excluding hydrogens is 359 g/mol. The van der Waals surface area contributed by atoms with E-state index < -0.39 is 23.9 Å². The van der Waals surface area contributed by atoms with Gasteiger partial charge in [0.2, 0.25) is 0 Å². The fraction of sp³-hybridized carbons (Fsp3) is 0.158. The largest absolute Gasteiger partial charge is 0.463 e. The second-order valence-corrected chi connectivity index (χ2v) is 5.95. The molecule has 2 amide bonds. The molecule has 26 heavy (non-hydrogen) atoms. The Labute approximate surface area is 154 Å². The second kappa shape index (κ2) is 7.58. The third-order valence-corrected chi connectivity index (χ3v) is 4.25. The van der Waals surface area contributed by atoms with Crippen LogP contribution < -0.4 is 10.6 Å². The van der Waals surface area contributed by atoms with Crippen molar-refractivity contribution in [3.63, 3.8) is 0 Å². The van der Waals surface area contributed by atoms with Crippen molar-refractivity contribution in [1.82, 2.24) is 10.6 Å². The van der Waals surface area contributed by atoms with Crippen molar-refractivity contribution < 1.29 is 18.7 Å². The number of ether oxygens (including phenoxy) is 1. The average Bonchev–Trinajstić information content (AvgIpc) is 2.62. The molecule has 1 aliphatic heterocycles. The van der Waals surface area contributed by atoms with Gasteiger partial charge in [-0.1, -0.05) is 48.0 Å². The quantitative estimate of drug-likeness (QED) is 0.800. The molecule has 2 aromatic carbocycles. The Morgan fingerprint density at radius 2 is 1.92 bits per heavy atom. The van der Waals surface area contributed by atoms with E-state index in [-0.39, 0.29) is 28.5 Å². The lowest BCUT2D eigenvalue weighted by Gasteiger charge is -2.30. The summed E-state index contributed by atoms with van der Waals surface area (Å²) in [5.74, 6) is -1.29. The molecule has 1 atom stereocenters. The highest BCUT2D eigenvalue weighted by Gasteiger charge is 2.36. The number of carbonyl (C=O) groups is 2. The highest BCUT2D eigenvalue weighted by atomic mass is 35.5. The number of nitrogens with one attached hydrogen (secondary N) is 2. The Hall–Kier alpha value is -2.86. The summed E-state index contributed by atoms with van der Waals surface area (Å²) in [6.45, 7) is 1.80. The van der Waals surface area contributed by atoms with E-state index in [1.807, 2.05) is 6.07 Å². The summed E-state index contributed by atoms with van der Waals surface area (Å²) < 4.78 is 19.6. The lowest BCUT2D eigenvalue weighted by molar-refractivity contribution is -0.138. The lowest BCUT2D eigenvalue weighted by atomic mass is 9.92. The molecule has 7 heteroatoms. The van der Waals surface area contributed by atoms with Crippen molar-refractivity contribution in [3.05, 3.63) is 76.1 Å². The Kier molecular flexibility index (Phi) is 5.23. The van der Waals surface area contributed by atoms with E-state index in [0.29, 0.717) is 5.56 Å². The number of esters is 1. The number of halogens is 2. The molecule has 0 aliphatic carbocycles. The van der Waals surface area contributed by atoms with Crippen LogP contribution in [0.5, 0.6) is 0 Å². The molecule has 0 saturated carbocycles. The molecule has 1 unspecified atom stereocenters. The topological polar surface area (TPSA) is 67.4 Å². The summed E-state index contributed by atoms with van der Waals surface area (Å²) in [6.07, 6.45) is 0. The van der Waals surface area contributed by atoms with Crippen LogP contribution in [-0.4, -0.2) is 18.6 Å². The maximum absolute atomic E-state index is 14.5. The molecule has 5 nitrogen and oxygen atoms in total. The van der Waals surface area contributed by atoms with Gasteiger partial charge in [-0.25, -0.2) is 14.0 Å². The molecule has 0 bridgehead atoms. The Morgan fingerprint density at radius 3 is 2.58 bits per heavy atom. The fourth-order valence-corrected chi connectivity index (χ4v) is 3.10. The van der Waals surface area contributed by atoms with Gasteiger partial charge in [0.1, 0.15) is 5.82 Å². The third-order valence-electron chi connectivity index (χ3n) is 3.92. The van der Waals surface area contributed by atoms with Crippen molar-refractivity contribution in [2.75, 3.05) is 6.61 Å². The molecule has 2 aromatic rings. The first-order chi connectivity index (χ1) is 12.5. The van der Waals surface area contributed by atoms with Crippen LogP contribution in [0.4, 0.5) is 9.18 Å². The molecule has 1 heterocycles. The van der Waals surface area contributed by atoms with Gasteiger partial charge < -0.3 is 15.4 Å². The lowest BCUT2D eigenvalue weighted by Crippen LogP contribution is -2.45. The summed E-state index contributed by atoms with van der Waals surface area (Å²) in [7, 11) is 0. The average molecular weight is 375 g/mol. The normalized spacial score (nSPS) is 16.7. The first-order valence-corrected chi connectivity index (χ1v) is 8.38. The van der Waals surface area contributed by atoms with Crippen LogP contribution in [0.2, 0.25) is 5.02 Å². The van der Waals surface area contributed by atoms with Crippen molar-refractivity contribution in [2.45, 2.75) is 13.0 Å². The van der Waals surface area contributed by atoms with Crippen LogP contribution in [-0.2, 0) is 9.53 Å². The predicted octanol–water partition coefficient (Wildman–Crippen LogP) is 3.81. The Balaban J connectivity index is 2.24. The molecule has 2 N–H and O–H groups in total. The SMILES string of the molecule is CCOC(=O)C1=C(c2ccccc2)NC(=O)NC1c1c(F)cccc1Cl. The summed E-state index contributed by atoms with van der Waals surface area (Å²) in [4.78, 5) is 24.9. The van der Waals surface area contributed by atoms with Crippen LogP contribution in [0.15, 0.2) is 54.1 Å². The number of carbonyl (C=O) groups excluding carboxylic acids is 2. The first-order valence-electron chi connectivity index (χ1n) is 8.01. The minimum Gasteiger partial charge on any atom is -0.463 e. The summed E-state index contributed by atoms with van der Waals surface area (Å²) in [5, 5.41) is 5.30. The van der Waals surface area contributed by atoms with Gasteiger partial charge >= 0.3 is 12.0 Å². The highest BCUT2D eigenvalue weighted by Crippen LogP contribution is 2.36. The van der Waals surface area contributed by atoms with Gasteiger partial charge in [-0.3, -0.25) is 0 Å². The molecule has 0 fully saturated rings. The van der Waals surface area contributed by atoms with Crippen LogP contribution in [0.1, 0.15) is 24.1 Å². The zero-order chi connectivity index (χ0) is 18.7.